The van der Waals surface area contributed by atoms with Gasteiger partial charge in [0.05, 0.1) is 23.4 Å². The number of aliphatic hydroxyl groups is 1. The first kappa shape index (κ1) is 22.2. The number of piperidine rings is 1. The number of nitrogens with two attached hydrogens (primary N) is 1. The molecule has 10 heteroatoms. The van der Waals surface area contributed by atoms with Crippen LogP contribution < -0.4 is 10.6 Å². The van der Waals surface area contributed by atoms with Gasteiger partial charge in [0.15, 0.2) is 17.2 Å². The zero-order valence-corrected chi connectivity index (χ0v) is 19.0. The van der Waals surface area contributed by atoms with Crippen LogP contribution in [0.5, 0.6) is 0 Å². The second-order valence-electron chi connectivity index (χ2n) is 8.75. The van der Waals surface area contributed by atoms with Crippen molar-refractivity contribution in [2.75, 3.05) is 17.2 Å². The van der Waals surface area contributed by atoms with Crippen LogP contribution in [0.1, 0.15) is 25.0 Å². The third-order valence-corrected chi connectivity index (χ3v) is 6.61. The molecule has 3 N–H and O–H groups in total. The summed E-state index contributed by atoms with van der Waals surface area (Å²) in [6.45, 7) is 0.120. The van der Waals surface area contributed by atoms with Gasteiger partial charge in [-0.05, 0) is 55.3 Å². The lowest BCUT2D eigenvalue weighted by Gasteiger charge is -2.27. The number of benzene rings is 3. The second-order valence-corrected chi connectivity index (χ2v) is 8.75. The average molecular weight is 489 g/mol. The molecule has 36 heavy (non-hydrogen) atoms. The Morgan fingerprint density at radius 1 is 1.00 bits per heavy atom. The van der Waals surface area contributed by atoms with Crippen LogP contribution in [0, 0.1) is 11.6 Å². The summed E-state index contributed by atoms with van der Waals surface area (Å²) in [5, 5.41) is 18.9. The van der Waals surface area contributed by atoms with E-state index in [2.05, 4.69) is 10.3 Å². The Morgan fingerprint density at radius 2 is 1.81 bits per heavy atom. The molecule has 3 heterocycles. The summed E-state index contributed by atoms with van der Waals surface area (Å²) in [4.78, 5) is 13.8. The maximum Gasteiger partial charge on any atom is 0.226 e. The second kappa shape index (κ2) is 8.42. The van der Waals surface area contributed by atoms with Crippen molar-refractivity contribution in [3.05, 3.63) is 65.9 Å². The molecule has 3 aromatic carbocycles. The Morgan fingerprint density at radius 3 is 2.58 bits per heavy atom. The Kier molecular flexibility index (Phi) is 5.18. The Hall–Kier alpha value is -4.31. The lowest BCUT2D eigenvalue weighted by atomic mass is 10.0. The van der Waals surface area contributed by atoms with E-state index in [4.69, 9.17) is 10.3 Å². The molecule has 2 aromatic heterocycles. The lowest BCUT2D eigenvalue weighted by molar-refractivity contribution is -0.119. The molecule has 5 aromatic rings. The van der Waals surface area contributed by atoms with Crippen LogP contribution in [0.3, 0.4) is 0 Å². The van der Waals surface area contributed by atoms with Gasteiger partial charge in [0.1, 0.15) is 11.3 Å². The first-order chi connectivity index (χ1) is 17.5. The highest BCUT2D eigenvalue weighted by Crippen LogP contribution is 2.35. The molecular weight excluding hydrogens is 468 g/mol. The van der Waals surface area contributed by atoms with Crippen LogP contribution in [-0.4, -0.2) is 32.5 Å². The number of anilines is 2. The number of nitrogen functional groups attached to an aromatic ring is 1. The fourth-order valence-corrected chi connectivity index (χ4v) is 4.79. The lowest BCUT2D eigenvalue weighted by Crippen LogP contribution is -2.35. The summed E-state index contributed by atoms with van der Waals surface area (Å²) in [6.07, 6.45) is 2.10. The van der Waals surface area contributed by atoms with Crippen molar-refractivity contribution in [3.8, 4) is 16.8 Å². The quantitative estimate of drug-likeness (QED) is 0.379. The predicted octanol–water partition coefficient (Wildman–Crippen LogP) is 4.70. The van der Waals surface area contributed by atoms with E-state index < -0.39 is 18.2 Å². The van der Waals surface area contributed by atoms with Gasteiger partial charge in [-0.15, -0.1) is 0 Å². The van der Waals surface area contributed by atoms with Gasteiger partial charge >= 0.3 is 0 Å². The minimum absolute atomic E-state index is 0.0349. The highest BCUT2D eigenvalue weighted by molar-refractivity contribution is 5.95. The molecule has 0 aliphatic carbocycles. The summed E-state index contributed by atoms with van der Waals surface area (Å²) in [5.74, 6) is -1.21. The average Bonchev–Trinajstić information content (AvgIpc) is 3.45. The van der Waals surface area contributed by atoms with Crippen molar-refractivity contribution >= 4 is 39.3 Å². The number of nitrogens with zero attached hydrogens (tertiary/aromatic N) is 4. The predicted molar refractivity (Wildman–Crippen MR) is 131 cm³/mol. The zero-order valence-electron chi connectivity index (χ0n) is 19.0. The molecule has 1 fully saturated rings. The van der Waals surface area contributed by atoms with E-state index in [-0.39, 0.29) is 34.1 Å². The van der Waals surface area contributed by atoms with E-state index >= 15 is 8.78 Å². The largest absolute Gasteiger partial charge is 0.390 e. The number of hydrogen-bond acceptors (Lipinski definition) is 6. The smallest absolute Gasteiger partial charge is 0.226 e. The fraction of sp³-hybridized carbons (Fsp3) is 0.192. The third kappa shape index (κ3) is 3.41. The van der Waals surface area contributed by atoms with Crippen molar-refractivity contribution in [3.63, 3.8) is 0 Å². The van der Waals surface area contributed by atoms with Crippen LogP contribution in [0.15, 0.2) is 53.1 Å². The van der Waals surface area contributed by atoms with Gasteiger partial charge in [-0.1, -0.05) is 11.2 Å². The highest BCUT2D eigenvalue weighted by Gasteiger charge is 2.24. The summed E-state index contributed by atoms with van der Waals surface area (Å²) < 4.78 is 37.8. The number of aliphatic hydroxyl groups excluding tert-OH is 1. The van der Waals surface area contributed by atoms with E-state index in [1.54, 1.807) is 35.2 Å². The van der Waals surface area contributed by atoms with Crippen molar-refractivity contribution in [2.45, 2.75) is 25.9 Å². The number of amides is 1. The van der Waals surface area contributed by atoms with E-state index in [1.807, 2.05) is 0 Å². The molecule has 0 spiro atoms. The number of hydrogen-bond donors (Lipinski definition) is 2. The maximum absolute atomic E-state index is 16.1. The Bertz CT molecular complexity index is 1660. The molecule has 1 amide bonds. The number of carbonyl (C=O) groups is 1. The molecule has 6 rings (SSSR count). The molecule has 0 unspecified atom stereocenters. The first-order valence-corrected chi connectivity index (χ1v) is 11.5. The van der Waals surface area contributed by atoms with E-state index in [9.17, 15) is 9.90 Å². The molecule has 182 valence electrons. The molecule has 0 bridgehead atoms. The van der Waals surface area contributed by atoms with Crippen LogP contribution in [-0.2, 0) is 11.4 Å². The molecule has 1 saturated heterocycles. The summed E-state index contributed by atoms with van der Waals surface area (Å²) in [7, 11) is 0. The number of aromatic nitrogens is 3. The SMILES string of the molecule is Nc1noc2ccc(-n3nc(CO)c4ccc(-c5ccc(N6CCCCC6=O)cc5F)c(F)c43)cc12. The van der Waals surface area contributed by atoms with Crippen molar-refractivity contribution < 1.29 is 23.2 Å². The fourth-order valence-electron chi connectivity index (χ4n) is 4.79. The van der Waals surface area contributed by atoms with Crippen LogP contribution in [0.4, 0.5) is 20.3 Å². The molecule has 0 saturated carbocycles. The van der Waals surface area contributed by atoms with E-state index in [1.165, 1.54) is 22.9 Å². The van der Waals surface area contributed by atoms with Crippen LogP contribution in [0.25, 0.3) is 38.7 Å². The van der Waals surface area contributed by atoms with Crippen LogP contribution in [0.2, 0.25) is 0 Å². The van der Waals surface area contributed by atoms with Crippen LogP contribution >= 0.6 is 0 Å². The van der Waals surface area contributed by atoms with Gasteiger partial charge in [0.25, 0.3) is 0 Å². The van der Waals surface area contributed by atoms with E-state index in [0.717, 1.165) is 12.8 Å². The molecular formula is C26H21F2N5O3. The minimum atomic E-state index is -0.696. The van der Waals surface area contributed by atoms with Gasteiger partial charge in [-0.2, -0.15) is 5.10 Å². The number of halogens is 2. The van der Waals surface area contributed by atoms with Gasteiger partial charge in [-0.3, -0.25) is 4.79 Å². The number of fused-ring (bicyclic) bond motifs is 2. The molecule has 0 atom stereocenters. The van der Waals surface area contributed by atoms with E-state index in [0.29, 0.717) is 40.7 Å². The minimum Gasteiger partial charge on any atom is -0.390 e. The van der Waals surface area contributed by atoms with Crippen molar-refractivity contribution in [1.29, 1.82) is 0 Å². The molecule has 1 aliphatic heterocycles. The standard InChI is InChI=1S/C26H21F2N5O3/c27-20-12-14(32-10-2-1-3-23(32)35)4-6-16(20)17-7-8-18-21(13-34)30-33(25(18)24(17)28)15-5-9-22-19(11-15)26(29)31-36-22/h4-9,11-12,34H,1-3,10,13H2,(H2,29,31). The normalized spacial score (nSPS) is 14.3. The van der Waals surface area contributed by atoms with Gasteiger partial charge < -0.3 is 20.3 Å². The first-order valence-electron chi connectivity index (χ1n) is 11.5. The maximum atomic E-state index is 16.1. The Labute approximate surface area is 203 Å². The van der Waals surface area contributed by atoms with Crippen molar-refractivity contribution in [1.82, 2.24) is 14.9 Å². The van der Waals surface area contributed by atoms with Gasteiger partial charge in [0.2, 0.25) is 5.91 Å². The monoisotopic (exact) mass is 489 g/mol. The summed E-state index contributed by atoms with van der Waals surface area (Å²) in [5.41, 5.74) is 7.71. The molecule has 8 nitrogen and oxygen atoms in total. The highest BCUT2D eigenvalue weighted by atomic mass is 19.1. The summed E-state index contributed by atoms with van der Waals surface area (Å²) in [6, 6.07) is 12.4. The summed E-state index contributed by atoms with van der Waals surface area (Å²) >= 11 is 0. The molecule has 1 aliphatic rings. The van der Waals surface area contributed by atoms with Gasteiger partial charge in [-0.25, -0.2) is 13.5 Å². The number of carbonyl (C=O) groups excluding carboxylic acids is 1. The van der Waals surface area contributed by atoms with Gasteiger partial charge in [0, 0.05) is 35.2 Å². The third-order valence-electron chi connectivity index (χ3n) is 6.61. The number of rotatable bonds is 4. The molecule has 0 radical (unpaired) electrons. The zero-order chi connectivity index (χ0) is 25.0. The Balaban J connectivity index is 1.49. The topological polar surface area (TPSA) is 110 Å². The van der Waals surface area contributed by atoms with Crippen molar-refractivity contribution in [2.24, 2.45) is 0 Å².